The van der Waals surface area contributed by atoms with Crippen LogP contribution in [-0.2, 0) is 6.54 Å². The summed E-state index contributed by atoms with van der Waals surface area (Å²) < 4.78 is 0. The molecule has 98 valence electrons. The van der Waals surface area contributed by atoms with Gasteiger partial charge in [-0.25, -0.2) is 0 Å². The van der Waals surface area contributed by atoms with Gasteiger partial charge in [-0.15, -0.1) is 0 Å². The molecule has 1 aromatic heterocycles. The quantitative estimate of drug-likeness (QED) is 0.912. The highest BCUT2D eigenvalue weighted by atomic mass is 16.2. The minimum absolute atomic E-state index is 0.0405. The number of carbonyl (C=O) groups is 1. The van der Waals surface area contributed by atoms with Crippen LogP contribution in [0.4, 0.5) is 5.69 Å². The Balaban J connectivity index is 2.15. The number of carbonyl (C=O) groups excluding carboxylic acids is 1. The van der Waals surface area contributed by atoms with E-state index in [1.54, 1.807) is 37.5 Å². The molecule has 0 saturated carbocycles. The topological polar surface area (TPSA) is 45.2 Å². The molecule has 1 N–H and O–H groups in total. The normalized spacial score (nSPS) is 10.0. The van der Waals surface area contributed by atoms with Gasteiger partial charge >= 0.3 is 0 Å². The van der Waals surface area contributed by atoms with Crippen LogP contribution in [0.2, 0.25) is 0 Å². The van der Waals surface area contributed by atoms with Gasteiger partial charge in [0.15, 0.2) is 0 Å². The lowest BCUT2D eigenvalue weighted by atomic mass is 10.2. The van der Waals surface area contributed by atoms with Crippen LogP contribution in [0.1, 0.15) is 15.9 Å². The molecule has 0 atom stereocenters. The molecular formula is C15H17N3O. The second-order valence-electron chi connectivity index (χ2n) is 4.32. The molecule has 4 nitrogen and oxygen atoms in total. The summed E-state index contributed by atoms with van der Waals surface area (Å²) in [7, 11) is 3.59. The fraction of sp³-hybridized carbons (Fsp3) is 0.200. The molecule has 0 bridgehead atoms. The first-order valence-corrected chi connectivity index (χ1v) is 6.13. The van der Waals surface area contributed by atoms with Crippen LogP contribution in [0.15, 0.2) is 48.8 Å². The summed E-state index contributed by atoms with van der Waals surface area (Å²) in [5, 5.41) is 3.01. The average Bonchev–Trinajstić information content (AvgIpc) is 2.47. The van der Waals surface area contributed by atoms with Crippen LogP contribution >= 0.6 is 0 Å². The Labute approximate surface area is 113 Å². The van der Waals surface area contributed by atoms with Gasteiger partial charge in [-0.2, -0.15) is 0 Å². The van der Waals surface area contributed by atoms with Crippen molar-refractivity contribution in [1.29, 1.82) is 0 Å². The molecule has 4 heteroatoms. The van der Waals surface area contributed by atoms with Crippen molar-refractivity contribution in [3.8, 4) is 0 Å². The molecule has 0 unspecified atom stereocenters. The van der Waals surface area contributed by atoms with E-state index in [0.717, 1.165) is 11.3 Å². The van der Waals surface area contributed by atoms with Crippen LogP contribution in [0, 0.1) is 0 Å². The largest absolute Gasteiger partial charge is 0.387 e. The van der Waals surface area contributed by atoms with Crippen LogP contribution in [0.5, 0.6) is 0 Å². The highest BCUT2D eigenvalue weighted by Gasteiger charge is 2.15. The second-order valence-corrected chi connectivity index (χ2v) is 4.32. The van der Waals surface area contributed by atoms with E-state index in [1.165, 1.54) is 0 Å². The van der Waals surface area contributed by atoms with E-state index in [4.69, 9.17) is 0 Å². The van der Waals surface area contributed by atoms with Gasteiger partial charge in [0.1, 0.15) is 0 Å². The third-order valence-corrected chi connectivity index (χ3v) is 2.93. The molecule has 19 heavy (non-hydrogen) atoms. The lowest BCUT2D eigenvalue weighted by Crippen LogP contribution is -2.27. The van der Waals surface area contributed by atoms with E-state index in [9.17, 15) is 4.79 Å². The zero-order valence-electron chi connectivity index (χ0n) is 11.1. The third kappa shape index (κ3) is 3.10. The van der Waals surface area contributed by atoms with Gasteiger partial charge < -0.3 is 10.2 Å². The van der Waals surface area contributed by atoms with Gasteiger partial charge in [-0.3, -0.25) is 9.78 Å². The highest BCUT2D eigenvalue weighted by Crippen LogP contribution is 2.15. The number of hydrogen-bond donors (Lipinski definition) is 1. The summed E-state index contributed by atoms with van der Waals surface area (Å²) in [6.45, 7) is 0.581. The summed E-state index contributed by atoms with van der Waals surface area (Å²) in [6, 6.07) is 11.7. The summed E-state index contributed by atoms with van der Waals surface area (Å²) in [4.78, 5) is 18.1. The maximum absolute atomic E-state index is 12.4. The first-order valence-electron chi connectivity index (χ1n) is 6.13. The number of amides is 1. The Morgan fingerprint density at radius 1 is 1.26 bits per heavy atom. The van der Waals surface area contributed by atoms with Crippen molar-refractivity contribution in [3.05, 3.63) is 59.9 Å². The van der Waals surface area contributed by atoms with Crippen LogP contribution in [0.25, 0.3) is 0 Å². The molecule has 1 amide bonds. The fourth-order valence-corrected chi connectivity index (χ4v) is 1.92. The second kappa shape index (κ2) is 6.00. The lowest BCUT2D eigenvalue weighted by Gasteiger charge is -2.18. The third-order valence-electron chi connectivity index (χ3n) is 2.93. The maximum Gasteiger partial charge on any atom is 0.257 e. The number of hydrogen-bond acceptors (Lipinski definition) is 3. The van der Waals surface area contributed by atoms with E-state index in [-0.39, 0.29) is 5.91 Å². The van der Waals surface area contributed by atoms with E-state index in [2.05, 4.69) is 10.3 Å². The molecular weight excluding hydrogens is 238 g/mol. The van der Waals surface area contributed by atoms with Gasteiger partial charge in [0.2, 0.25) is 0 Å². The molecule has 0 radical (unpaired) electrons. The number of pyridine rings is 1. The Morgan fingerprint density at radius 3 is 2.68 bits per heavy atom. The van der Waals surface area contributed by atoms with Crippen molar-refractivity contribution < 1.29 is 4.79 Å². The molecule has 1 heterocycles. The summed E-state index contributed by atoms with van der Waals surface area (Å²) >= 11 is 0. The van der Waals surface area contributed by atoms with Crippen molar-refractivity contribution in [3.63, 3.8) is 0 Å². The number of aromatic nitrogens is 1. The average molecular weight is 255 g/mol. The molecule has 0 aliphatic carbocycles. The summed E-state index contributed by atoms with van der Waals surface area (Å²) in [5.41, 5.74) is 2.48. The molecule has 2 rings (SSSR count). The minimum atomic E-state index is -0.0405. The Hall–Kier alpha value is -2.36. The van der Waals surface area contributed by atoms with Gasteiger partial charge in [0.25, 0.3) is 5.91 Å². The molecule has 0 fully saturated rings. The number of rotatable bonds is 4. The van der Waals surface area contributed by atoms with Crippen molar-refractivity contribution in [2.45, 2.75) is 6.54 Å². The first-order chi connectivity index (χ1) is 9.22. The first kappa shape index (κ1) is 13.1. The Bertz CT molecular complexity index is 554. The summed E-state index contributed by atoms with van der Waals surface area (Å²) in [6.07, 6.45) is 3.26. The van der Waals surface area contributed by atoms with Gasteiger partial charge in [0.05, 0.1) is 5.56 Å². The Kier molecular flexibility index (Phi) is 4.13. The number of benzene rings is 1. The monoisotopic (exact) mass is 255 g/mol. The molecule has 2 aromatic rings. The van der Waals surface area contributed by atoms with E-state index >= 15 is 0 Å². The van der Waals surface area contributed by atoms with Gasteiger partial charge in [0, 0.05) is 38.7 Å². The van der Waals surface area contributed by atoms with E-state index < -0.39 is 0 Å². The number of nitrogens with zero attached hydrogens (tertiary/aromatic N) is 2. The van der Waals surface area contributed by atoms with E-state index in [0.29, 0.717) is 12.1 Å². The smallest absolute Gasteiger partial charge is 0.257 e. The number of anilines is 1. The van der Waals surface area contributed by atoms with E-state index in [1.807, 2.05) is 30.3 Å². The van der Waals surface area contributed by atoms with Crippen molar-refractivity contribution >= 4 is 11.6 Å². The zero-order valence-corrected chi connectivity index (χ0v) is 11.1. The minimum Gasteiger partial charge on any atom is -0.387 e. The SMILES string of the molecule is CNc1ccncc1C(=O)N(C)Cc1ccccc1. The highest BCUT2D eigenvalue weighted by molar-refractivity contribution is 5.99. The van der Waals surface area contributed by atoms with Crippen LogP contribution < -0.4 is 5.32 Å². The summed E-state index contributed by atoms with van der Waals surface area (Å²) in [5.74, 6) is -0.0405. The maximum atomic E-state index is 12.4. The van der Waals surface area contributed by atoms with Gasteiger partial charge in [-0.1, -0.05) is 30.3 Å². The molecule has 0 aliphatic rings. The Morgan fingerprint density at radius 2 is 2.00 bits per heavy atom. The molecule has 0 saturated heterocycles. The van der Waals surface area contributed by atoms with Crippen molar-refractivity contribution in [1.82, 2.24) is 9.88 Å². The van der Waals surface area contributed by atoms with Gasteiger partial charge in [-0.05, 0) is 11.6 Å². The predicted octanol–water partition coefficient (Wildman–Crippen LogP) is 2.40. The fourth-order valence-electron chi connectivity index (χ4n) is 1.92. The molecule has 1 aromatic carbocycles. The van der Waals surface area contributed by atoms with Crippen LogP contribution in [-0.4, -0.2) is 29.9 Å². The predicted molar refractivity (Wildman–Crippen MR) is 76.0 cm³/mol. The zero-order chi connectivity index (χ0) is 13.7. The van der Waals surface area contributed by atoms with Crippen LogP contribution in [0.3, 0.4) is 0 Å². The lowest BCUT2D eigenvalue weighted by molar-refractivity contribution is 0.0785. The van der Waals surface area contributed by atoms with Crippen molar-refractivity contribution in [2.75, 3.05) is 19.4 Å². The standard InChI is InChI=1S/C15H17N3O/c1-16-14-8-9-17-10-13(14)15(19)18(2)11-12-6-4-3-5-7-12/h3-10H,11H2,1-2H3,(H,16,17). The molecule has 0 aliphatic heterocycles. The van der Waals surface area contributed by atoms with Crippen molar-refractivity contribution in [2.24, 2.45) is 0 Å². The molecule has 0 spiro atoms. The number of nitrogens with one attached hydrogen (secondary N) is 1.